The second-order valence-electron chi connectivity index (χ2n) is 4.38. The Labute approximate surface area is 141 Å². The van der Waals surface area contributed by atoms with Crippen molar-refractivity contribution in [2.45, 2.75) is 24.9 Å². The molecule has 6 N–H and O–H groups in total. The van der Waals surface area contributed by atoms with Crippen LogP contribution >= 0.6 is 0 Å². The summed E-state index contributed by atoms with van der Waals surface area (Å²) in [7, 11) is 0. The van der Waals surface area contributed by atoms with Gasteiger partial charge in [-0.2, -0.15) is 0 Å². The minimum atomic E-state index is -1.26. The molecule has 0 bridgehead atoms. The zero-order valence-electron chi connectivity index (χ0n) is 11.9. The molecule has 0 aromatic carbocycles. The van der Waals surface area contributed by atoms with Crippen molar-refractivity contribution in [3.05, 3.63) is 36.4 Å². The van der Waals surface area contributed by atoms with Crippen LogP contribution in [0.25, 0.3) is 0 Å². The molecule has 0 fully saturated rings. The van der Waals surface area contributed by atoms with E-state index < -0.39 is 24.0 Å². The number of carboxylic acids is 2. The van der Waals surface area contributed by atoms with E-state index in [9.17, 15) is 19.8 Å². The summed E-state index contributed by atoms with van der Waals surface area (Å²) in [6.45, 7) is 0. The number of rotatable bonds is 6. The van der Waals surface area contributed by atoms with Crippen molar-refractivity contribution >= 4 is 11.9 Å². The van der Waals surface area contributed by atoms with Crippen molar-refractivity contribution in [2.24, 2.45) is 11.5 Å². The number of imidazole rings is 2. The van der Waals surface area contributed by atoms with Crippen LogP contribution in [0.15, 0.2) is 25.0 Å². The molecule has 1 radical (unpaired) electrons. The second kappa shape index (κ2) is 10.5. The van der Waals surface area contributed by atoms with Crippen molar-refractivity contribution in [2.75, 3.05) is 0 Å². The zero-order valence-corrected chi connectivity index (χ0v) is 12.9. The van der Waals surface area contributed by atoms with Gasteiger partial charge in [0.2, 0.25) is 0 Å². The molecule has 2 aromatic heterocycles. The average molecular weight is 367 g/mol. The molecule has 0 spiro atoms. The number of aliphatic carboxylic acids is 2. The van der Waals surface area contributed by atoms with E-state index in [4.69, 9.17) is 11.5 Å². The summed E-state index contributed by atoms with van der Waals surface area (Å²) in [6, 6.07) is -1.95. The van der Waals surface area contributed by atoms with E-state index in [0.717, 1.165) is 0 Å². The summed E-state index contributed by atoms with van der Waals surface area (Å²) in [4.78, 5) is 33.3. The van der Waals surface area contributed by atoms with Gasteiger partial charge in [-0.1, -0.05) is 0 Å². The molecule has 0 aliphatic carbocycles. The Morgan fingerprint density at radius 2 is 1.30 bits per heavy atom. The molecule has 0 saturated carbocycles. The molecule has 0 aliphatic heterocycles. The average Bonchev–Trinajstić information content (AvgIpc) is 3.12. The molecule has 0 unspecified atom stereocenters. The maximum absolute atomic E-state index is 10.2. The Morgan fingerprint density at radius 3 is 1.52 bits per heavy atom. The minimum absolute atomic E-state index is 0. The van der Waals surface area contributed by atoms with Crippen molar-refractivity contribution < 1.29 is 36.6 Å². The van der Waals surface area contributed by atoms with Gasteiger partial charge >= 0.3 is 16.8 Å². The number of aromatic nitrogens is 4. The van der Waals surface area contributed by atoms with Crippen LogP contribution in [0.2, 0.25) is 0 Å². The van der Waals surface area contributed by atoms with Gasteiger partial charge in [0.05, 0.1) is 36.0 Å². The summed E-state index contributed by atoms with van der Waals surface area (Å²) in [5.41, 5.74) is 11.6. The number of aromatic amines is 2. The third-order valence-corrected chi connectivity index (χ3v) is 2.57. The maximum atomic E-state index is 10.2. The molecule has 2 rings (SSSR count). The second-order valence-corrected chi connectivity index (χ2v) is 4.38. The summed E-state index contributed by atoms with van der Waals surface area (Å²) in [5, 5.41) is 20.3. The molecule has 0 aliphatic rings. The van der Waals surface area contributed by atoms with Crippen LogP contribution in [-0.4, -0.2) is 44.0 Å². The number of carbonyl (C=O) groups excluding carboxylic acids is 2. The van der Waals surface area contributed by atoms with Gasteiger partial charge in [-0.3, -0.25) is 0 Å². The summed E-state index contributed by atoms with van der Waals surface area (Å²) < 4.78 is 0. The molecule has 127 valence electrons. The third-order valence-electron chi connectivity index (χ3n) is 2.57. The van der Waals surface area contributed by atoms with E-state index in [-0.39, 0.29) is 29.6 Å². The van der Waals surface area contributed by atoms with Crippen molar-refractivity contribution in [1.82, 2.24) is 19.9 Å². The fraction of sp³-hybridized carbons (Fsp3) is 0.333. The van der Waals surface area contributed by atoms with Gasteiger partial charge in [0, 0.05) is 37.3 Å². The molecular weight excluding hydrogens is 351 g/mol. The molecule has 23 heavy (non-hydrogen) atoms. The molecule has 10 nitrogen and oxygen atoms in total. The van der Waals surface area contributed by atoms with Crippen LogP contribution in [0.4, 0.5) is 0 Å². The maximum Gasteiger partial charge on any atom is 2.00 e. The molecule has 2 aromatic rings. The number of carboxylic acid groups (broad SMARTS) is 2. The van der Waals surface area contributed by atoms with E-state index in [2.05, 4.69) is 19.9 Å². The molecule has 0 saturated heterocycles. The summed E-state index contributed by atoms with van der Waals surface area (Å²) in [5.74, 6) is -2.51. The normalized spacial score (nSPS) is 12.3. The number of H-pyrrole nitrogens is 2. The number of carbonyl (C=O) groups is 2. The number of hydrogen-bond donors (Lipinski definition) is 4. The van der Waals surface area contributed by atoms with E-state index in [1.54, 1.807) is 12.4 Å². The van der Waals surface area contributed by atoms with E-state index in [1.165, 1.54) is 12.7 Å². The van der Waals surface area contributed by atoms with E-state index in [1.807, 2.05) is 0 Å². The van der Waals surface area contributed by atoms with Crippen LogP contribution in [0.3, 0.4) is 0 Å². The zero-order chi connectivity index (χ0) is 16.5. The standard InChI is InChI=1S/2C6H9N3O2.Co/c2*7-5(6(10)11)1-4-2-8-3-9-4;/h2*2-3,5H,1,7H2,(H,8,9)(H,10,11);/q;;+2/p-2/t2*5-;/m00./s1. The van der Waals surface area contributed by atoms with Crippen molar-refractivity contribution in [3.63, 3.8) is 0 Å². The predicted octanol–water partition coefficient (Wildman–Crippen LogP) is -3.94. The van der Waals surface area contributed by atoms with E-state index in [0.29, 0.717) is 11.4 Å². The van der Waals surface area contributed by atoms with Gasteiger partial charge < -0.3 is 41.2 Å². The van der Waals surface area contributed by atoms with Gasteiger partial charge in [-0.15, -0.1) is 0 Å². The van der Waals surface area contributed by atoms with Gasteiger partial charge in [0.1, 0.15) is 0 Å². The number of nitrogens with one attached hydrogen (secondary N) is 2. The molecular formula is C12H16CoN6O4. The number of hydrogen-bond acceptors (Lipinski definition) is 8. The van der Waals surface area contributed by atoms with Crippen LogP contribution in [-0.2, 0) is 39.2 Å². The van der Waals surface area contributed by atoms with E-state index >= 15 is 0 Å². The molecule has 2 heterocycles. The van der Waals surface area contributed by atoms with Gasteiger partial charge in [0.15, 0.2) is 0 Å². The molecule has 2 atom stereocenters. The third kappa shape index (κ3) is 8.11. The first-order valence-corrected chi connectivity index (χ1v) is 6.28. The molecule has 0 amide bonds. The predicted molar refractivity (Wildman–Crippen MR) is 70.5 cm³/mol. The first-order chi connectivity index (χ1) is 10.4. The van der Waals surface area contributed by atoms with Crippen LogP contribution in [0.1, 0.15) is 11.4 Å². The van der Waals surface area contributed by atoms with Crippen LogP contribution in [0, 0.1) is 0 Å². The van der Waals surface area contributed by atoms with Gasteiger partial charge in [0.25, 0.3) is 0 Å². The first-order valence-electron chi connectivity index (χ1n) is 6.28. The Bertz CT molecular complexity index is 522. The monoisotopic (exact) mass is 367 g/mol. The Hall–Kier alpha value is -2.21. The summed E-state index contributed by atoms with van der Waals surface area (Å²) >= 11 is 0. The SMILES string of the molecule is N[C@@H](Cc1c[nH]cn1)C(=O)[O-].N[C@@H](Cc1c[nH]cn1)C(=O)[O-].[Co+2]. The largest absolute Gasteiger partial charge is 2.00 e. The minimum Gasteiger partial charge on any atom is -0.548 e. The van der Waals surface area contributed by atoms with Gasteiger partial charge in [-0.25, -0.2) is 9.97 Å². The Kier molecular flexibility index (Phi) is 9.49. The number of nitrogens with zero attached hydrogens (tertiary/aromatic N) is 2. The van der Waals surface area contributed by atoms with Crippen LogP contribution < -0.4 is 21.7 Å². The smallest absolute Gasteiger partial charge is 0.548 e. The summed E-state index contributed by atoms with van der Waals surface area (Å²) in [6.07, 6.45) is 6.54. The van der Waals surface area contributed by atoms with Crippen molar-refractivity contribution in [3.8, 4) is 0 Å². The Balaban J connectivity index is 0.000000403. The van der Waals surface area contributed by atoms with Gasteiger partial charge in [-0.05, 0) is 0 Å². The van der Waals surface area contributed by atoms with Crippen LogP contribution in [0.5, 0.6) is 0 Å². The first kappa shape index (κ1) is 20.8. The quantitative estimate of drug-likeness (QED) is 0.398. The fourth-order valence-electron chi connectivity index (χ4n) is 1.42. The Morgan fingerprint density at radius 1 is 0.957 bits per heavy atom. The fourth-order valence-corrected chi connectivity index (χ4v) is 1.42. The van der Waals surface area contributed by atoms with Crippen molar-refractivity contribution in [1.29, 1.82) is 0 Å². The number of nitrogens with two attached hydrogens (primary N) is 2. The topological polar surface area (TPSA) is 190 Å². The molecule has 11 heteroatoms.